The smallest absolute Gasteiger partial charge is 0.271 e. The Morgan fingerprint density at radius 1 is 1.38 bits per heavy atom. The van der Waals surface area contributed by atoms with Crippen molar-refractivity contribution in [3.8, 4) is 11.5 Å². The van der Waals surface area contributed by atoms with Crippen LogP contribution in [0.5, 0.6) is 11.5 Å². The monoisotopic (exact) mass is 355 g/mol. The van der Waals surface area contributed by atoms with Crippen molar-refractivity contribution in [1.29, 1.82) is 0 Å². The van der Waals surface area contributed by atoms with E-state index in [-0.39, 0.29) is 22.7 Å². The Kier molecular flexibility index (Phi) is 6.05. The van der Waals surface area contributed by atoms with Crippen molar-refractivity contribution >= 4 is 17.8 Å². The van der Waals surface area contributed by atoms with Crippen molar-refractivity contribution in [3.05, 3.63) is 75.9 Å². The van der Waals surface area contributed by atoms with E-state index in [0.29, 0.717) is 17.5 Å². The molecule has 1 amide bonds. The third kappa shape index (κ3) is 4.44. The number of carbonyl (C=O) groups is 1. The molecule has 2 aromatic carbocycles. The molecule has 0 atom stereocenters. The van der Waals surface area contributed by atoms with Crippen LogP contribution in [0.25, 0.3) is 0 Å². The number of methoxy groups -OCH3 is 1. The molecule has 0 saturated carbocycles. The van der Waals surface area contributed by atoms with Gasteiger partial charge < -0.3 is 9.84 Å². The molecule has 2 N–H and O–H groups in total. The summed E-state index contributed by atoms with van der Waals surface area (Å²) >= 11 is 0. The lowest BCUT2D eigenvalue weighted by Gasteiger charge is -2.09. The van der Waals surface area contributed by atoms with E-state index in [0.717, 1.165) is 0 Å². The van der Waals surface area contributed by atoms with Gasteiger partial charge in [-0.1, -0.05) is 6.08 Å². The number of nitrogens with one attached hydrogen (secondary N) is 1. The summed E-state index contributed by atoms with van der Waals surface area (Å²) in [6.07, 6.45) is 3.49. The van der Waals surface area contributed by atoms with Gasteiger partial charge in [0.15, 0.2) is 11.5 Å². The molecular formula is C18H17N3O5. The molecule has 2 aromatic rings. The highest BCUT2D eigenvalue weighted by atomic mass is 16.6. The van der Waals surface area contributed by atoms with Crippen LogP contribution in [0.2, 0.25) is 0 Å². The molecule has 0 spiro atoms. The number of amides is 1. The molecule has 0 aliphatic heterocycles. The second kappa shape index (κ2) is 8.43. The summed E-state index contributed by atoms with van der Waals surface area (Å²) in [6.45, 7) is 3.63. The van der Waals surface area contributed by atoms with E-state index in [9.17, 15) is 20.0 Å². The molecule has 0 saturated heterocycles. The zero-order valence-electron chi connectivity index (χ0n) is 14.0. The molecule has 8 heteroatoms. The summed E-state index contributed by atoms with van der Waals surface area (Å²) in [5, 5.41) is 24.5. The number of nitro benzene ring substituents is 1. The maximum Gasteiger partial charge on any atom is 0.271 e. The number of ether oxygens (including phenoxy) is 1. The Morgan fingerprint density at radius 2 is 2.08 bits per heavy atom. The second-order valence-corrected chi connectivity index (χ2v) is 5.23. The van der Waals surface area contributed by atoms with E-state index in [1.807, 2.05) is 0 Å². The third-order valence-corrected chi connectivity index (χ3v) is 3.48. The van der Waals surface area contributed by atoms with E-state index in [4.69, 9.17) is 4.74 Å². The molecule has 0 unspecified atom stereocenters. The van der Waals surface area contributed by atoms with E-state index >= 15 is 0 Å². The number of nitrogens with zero attached hydrogens (tertiary/aromatic N) is 2. The van der Waals surface area contributed by atoms with Crippen molar-refractivity contribution in [2.24, 2.45) is 5.10 Å². The van der Waals surface area contributed by atoms with Crippen LogP contribution >= 0.6 is 0 Å². The second-order valence-electron chi connectivity index (χ2n) is 5.23. The highest BCUT2D eigenvalue weighted by Crippen LogP contribution is 2.31. The van der Waals surface area contributed by atoms with Gasteiger partial charge in [0.2, 0.25) is 0 Å². The molecule has 0 aliphatic rings. The fourth-order valence-corrected chi connectivity index (χ4v) is 2.19. The summed E-state index contributed by atoms with van der Waals surface area (Å²) in [6, 6.07) is 8.43. The predicted molar refractivity (Wildman–Crippen MR) is 96.7 cm³/mol. The molecule has 26 heavy (non-hydrogen) atoms. The topological polar surface area (TPSA) is 114 Å². The highest BCUT2D eigenvalue weighted by molar-refractivity contribution is 5.95. The maximum atomic E-state index is 12.0. The molecule has 0 bridgehead atoms. The van der Waals surface area contributed by atoms with E-state index < -0.39 is 10.8 Å². The van der Waals surface area contributed by atoms with Gasteiger partial charge in [-0.25, -0.2) is 5.43 Å². The first-order valence-corrected chi connectivity index (χ1v) is 7.55. The number of carbonyl (C=O) groups excluding carboxylic acids is 1. The van der Waals surface area contributed by atoms with Crippen LogP contribution < -0.4 is 10.2 Å². The quantitative estimate of drug-likeness (QED) is 0.343. The number of aromatic hydroxyl groups is 1. The Morgan fingerprint density at radius 3 is 2.65 bits per heavy atom. The average molecular weight is 355 g/mol. The number of hydrazone groups is 1. The number of phenolic OH excluding ortho intramolecular Hbond substituents is 1. The molecule has 8 nitrogen and oxygen atoms in total. The van der Waals surface area contributed by atoms with Crippen LogP contribution in [0.15, 0.2) is 54.2 Å². The van der Waals surface area contributed by atoms with Gasteiger partial charge >= 0.3 is 0 Å². The minimum absolute atomic E-state index is 0.0273. The first-order valence-electron chi connectivity index (χ1n) is 7.55. The van der Waals surface area contributed by atoms with E-state index in [1.165, 1.54) is 37.6 Å². The van der Waals surface area contributed by atoms with Gasteiger partial charge in [-0.3, -0.25) is 14.9 Å². The number of non-ortho nitro benzene ring substituents is 1. The van der Waals surface area contributed by atoms with Crippen LogP contribution in [0, 0.1) is 10.1 Å². The fourth-order valence-electron chi connectivity index (χ4n) is 2.19. The molecule has 0 aromatic heterocycles. The molecular weight excluding hydrogens is 338 g/mol. The van der Waals surface area contributed by atoms with Crippen LogP contribution in [0.3, 0.4) is 0 Å². The lowest BCUT2D eigenvalue weighted by molar-refractivity contribution is -0.384. The summed E-state index contributed by atoms with van der Waals surface area (Å²) in [5.74, 6) is -0.194. The van der Waals surface area contributed by atoms with Gasteiger partial charge in [-0.2, -0.15) is 5.10 Å². The number of phenols is 1. The van der Waals surface area contributed by atoms with E-state index in [2.05, 4.69) is 17.1 Å². The van der Waals surface area contributed by atoms with Gasteiger partial charge in [-0.05, 0) is 36.2 Å². The minimum Gasteiger partial charge on any atom is -0.504 e. The highest BCUT2D eigenvalue weighted by Gasteiger charge is 2.10. The maximum absolute atomic E-state index is 12.0. The van der Waals surface area contributed by atoms with Crippen molar-refractivity contribution in [2.45, 2.75) is 6.42 Å². The van der Waals surface area contributed by atoms with Crippen LogP contribution in [-0.2, 0) is 6.42 Å². The number of hydrogen-bond donors (Lipinski definition) is 2. The molecule has 134 valence electrons. The van der Waals surface area contributed by atoms with Gasteiger partial charge in [-0.15, -0.1) is 6.58 Å². The Bertz CT molecular complexity index is 860. The summed E-state index contributed by atoms with van der Waals surface area (Å²) in [5.41, 5.74) is 3.70. The largest absolute Gasteiger partial charge is 0.504 e. The lowest BCUT2D eigenvalue weighted by atomic mass is 10.1. The Balaban J connectivity index is 2.12. The number of benzene rings is 2. The number of allylic oxidation sites excluding steroid dienone is 1. The van der Waals surface area contributed by atoms with Crippen molar-refractivity contribution < 1.29 is 19.6 Å². The first-order chi connectivity index (χ1) is 12.5. The van der Waals surface area contributed by atoms with Crippen LogP contribution in [0.1, 0.15) is 21.5 Å². The molecule has 0 heterocycles. The molecule has 0 radical (unpaired) electrons. The lowest BCUT2D eigenvalue weighted by Crippen LogP contribution is -2.17. The first kappa shape index (κ1) is 18.7. The van der Waals surface area contributed by atoms with Gasteiger partial charge in [0.25, 0.3) is 11.6 Å². The predicted octanol–water partition coefficient (Wildman–Crippen LogP) is 2.80. The number of hydrogen-bond acceptors (Lipinski definition) is 6. The van der Waals surface area contributed by atoms with E-state index in [1.54, 1.807) is 18.2 Å². The molecule has 2 rings (SSSR count). The van der Waals surface area contributed by atoms with Crippen LogP contribution in [-0.4, -0.2) is 29.3 Å². The zero-order chi connectivity index (χ0) is 19.1. The Labute approximate surface area is 149 Å². The van der Waals surface area contributed by atoms with Crippen molar-refractivity contribution in [1.82, 2.24) is 5.43 Å². The van der Waals surface area contributed by atoms with Gasteiger partial charge in [0, 0.05) is 23.3 Å². The summed E-state index contributed by atoms with van der Waals surface area (Å²) in [4.78, 5) is 22.1. The fraction of sp³-hybridized carbons (Fsp3) is 0.111. The van der Waals surface area contributed by atoms with Crippen molar-refractivity contribution in [3.63, 3.8) is 0 Å². The molecule has 0 fully saturated rings. The number of rotatable bonds is 7. The standard InChI is InChI=1S/C18H17N3O5/c1-3-4-14-9-12(10-16(26-2)17(14)22)11-19-20-18(23)13-5-7-15(8-6-13)21(24)25/h3,5-11,22H,1,4H2,2H3,(H,20,23)/b19-11+. The summed E-state index contributed by atoms with van der Waals surface area (Å²) in [7, 11) is 1.43. The van der Waals surface area contributed by atoms with Crippen LogP contribution in [0.4, 0.5) is 5.69 Å². The van der Waals surface area contributed by atoms with Crippen molar-refractivity contribution in [2.75, 3.05) is 7.11 Å². The number of nitro groups is 1. The Hall–Kier alpha value is -3.68. The summed E-state index contributed by atoms with van der Waals surface area (Å²) < 4.78 is 5.11. The van der Waals surface area contributed by atoms with Gasteiger partial charge in [0.05, 0.1) is 18.2 Å². The zero-order valence-corrected chi connectivity index (χ0v) is 14.0. The normalized spacial score (nSPS) is 10.5. The SMILES string of the molecule is C=CCc1cc(/C=N/NC(=O)c2ccc([N+](=O)[O-])cc2)cc(OC)c1O. The third-order valence-electron chi connectivity index (χ3n) is 3.48. The molecule has 0 aliphatic carbocycles. The van der Waals surface area contributed by atoms with Gasteiger partial charge in [0.1, 0.15) is 0 Å². The minimum atomic E-state index is -0.543. The average Bonchev–Trinajstić information content (AvgIpc) is 2.64.